The molecule has 7 nitrogen and oxygen atoms in total. The van der Waals surface area contributed by atoms with E-state index in [9.17, 15) is 10.1 Å². The van der Waals surface area contributed by atoms with Crippen LogP contribution in [-0.2, 0) is 18.4 Å². The Balaban J connectivity index is 2.16. The van der Waals surface area contributed by atoms with Crippen molar-refractivity contribution in [1.82, 2.24) is 15.1 Å². The summed E-state index contributed by atoms with van der Waals surface area (Å²) in [5.41, 5.74) is 0. The molecule has 0 aromatic carbocycles. The van der Waals surface area contributed by atoms with E-state index < -0.39 is 11.8 Å². The second-order valence-corrected chi connectivity index (χ2v) is 6.98. The Kier molecular flexibility index (Phi) is 6.71. The van der Waals surface area contributed by atoms with Gasteiger partial charge < -0.3 is 10.6 Å². The fourth-order valence-electron chi connectivity index (χ4n) is 2.06. The average molecular weight is 358 g/mol. The number of carbonyl (C=O) groups is 1. The van der Waals surface area contributed by atoms with Crippen LogP contribution >= 0.6 is 11.3 Å². The minimum Gasteiger partial charge on any atom is -0.372 e. The number of nitrogens with one attached hydrogen (secondary N) is 2. The zero-order valence-corrected chi connectivity index (χ0v) is 15.4. The van der Waals surface area contributed by atoms with Crippen molar-refractivity contribution in [2.75, 3.05) is 11.9 Å². The first-order valence-corrected chi connectivity index (χ1v) is 8.88. The third-order valence-corrected chi connectivity index (χ3v) is 4.27. The highest BCUT2D eigenvalue weighted by Crippen LogP contribution is 2.12. The van der Waals surface area contributed by atoms with Gasteiger partial charge >= 0.3 is 0 Å². The fourth-order valence-corrected chi connectivity index (χ4v) is 2.69. The first kappa shape index (κ1) is 18.7. The van der Waals surface area contributed by atoms with Gasteiger partial charge in [-0.2, -0.15) is 10.4 Å². The van der Waals surface area contributed by atoms with Crippen molar-refractivity contribution >= 4 is 28.9 Å². The zero-order valence-electron chi connectivity index (χ0n) is 14.6. The van der Waals surface area contributed by atoms with E-state index in [1.807, 2.05) is 17.5 Å². The molecule has 2 rings (SSSR count). The summed E-state index contributed by atoms with van der Waals surface area (Å²) < 4.78 is 1.54. The van der Waals surface area contributed by atoms with Crippen LogP contribution in [0.4, 0.5) is 5.82 Å². The maximum atomic E-state index is 12.5. The number of aliphatic imine (C=N–C) groups is 1. The maximum Gasteiger partial charge on any atom is 0.250 e. The van der Waals surface area contributed by atoms with Crippen LogP contribution in [-0.4, -0.2) is 28.1 Å². The van der Waals surface area contributed by atoms with Gasteiger partial charge in [-0.3, -0.25) is 14.5 Å². The van der Waals surface area contributed by atoms with E-state index in [0.29, 0.717) is 30.7 Å². The molecule has 0 aliphatic heterocycles. The number of amides is 1. The fraction of sp³-hybridized carbons (Fsp3) is 0.412. The number of amidine groups is 1. The minimum atomic E-state index is -1.01. The molecule has 2 aromatic rings. The Hall–Kier alpha value is -2.66. The Morgan fingerprint density at radius 1 is 1.48 bits per heavy atom. The lowest BCUT2D eigenvalue weighted by molar-refractivity contribution is -0.116. The van der Waals surface area contributed by atoms with Crippen molar-refractivity contribution in [3.63, 3.8) is 0 Å². The first-order chi connectivity index (χ1) is 12.0. The van der Waals surface area contributed by atoms with Gasteiger partial charge in [0.15, 0.2) is 5.92 Å². The average Bonchev–Trinajstić information content (AvgIpc) is 3.22. The predicted molar refractivity (Wildman–Crippen MR) is 99.2 cm³/mol. The number of aryl methyl sites for hydroxylation is 1. The van der Waals surface area contributed by atoms with Crippen molar-refractivity contribution in [1.29, 1.82) is 5.26 Å². The van der Waals surface area contributed by atoms with Gasteiger partial charge in [-0.05, 0) is 17.4 Å². The summed E-state index contributed by atoms with van der Waals surface area (Å²) in [4.78, 5) is 18.1. The van der Waals surface area contributed by atoms with Crippen LogP contribution in [0.2, 0.25) is 0 Å². The van der Waals surface area contributed by atoms with Crippen LogP contribution in [0.25, 0.3) is 0 Å². The molecule has 0 unspecified atom stereocenters. The first-order valence-electron chi connectivity index (χ1n) is 8.00. The lowest BCUT2D eigenvalue weighted by Crippen LogP contribution is -2.39. The van der Waals surface area contributed by atoms with Gasteiger partial charge in [0.25, 0.3) is 5.91 Å². The number of thiophene rings is 1. The van der Waals surface area contributed by atoms with Gasteiger partial charge in [-0.25, -0.2) is 0 Å². The molecule has 2 N–H and O–H groups in total. The summed E-state index contributed by atoms with van der Waals surface area (Å²) >= 11 is 1.59. The molecule has 0 bridgehead atoms. The van der Waals surface area contributed by atoms with E-state index in [2.05, 4.69) is 40.6 Å². The molecule has 25 heavy (non-hydrogen) atoms. The molecule has 0 aliphatic rings. The molecule has 132 valence electrons. The van der Waals surface area contributed by atoms with Gasteiger partial charge in [-0.15, -0.1) is 11.3 Å². The number of hydrogen-bond donors (Lipinski definition) is 2. The number of carbonyl (C=O) groups excluding carboxylic acids is 1. The molecule has 0 spiro atoms. The van der Waals surface area contributed by atoms with E-state index in [1.165, 1.54) is 4.68 Å². The summed E-state index contributed by atoms with van der Waals surface area (Å²) in [7, 11) is 1.72. The van der Waals surface area contributed by atoms with E-state index in [-0.39, 0.29) is 0 Å². The van der Waals surface area contributed by atoms with Crippen molar-refractivity contribution in [2.45, 2.75) is 20.4 Å². The third kappa shape index (κ3) is 5.43. The van der Waals surface area contributed by atoms with Gasteiger partial charge in [0, 0.05) is 24.5 Å². The van der Waals surface area contributed by atoms with Crippen LogP contribution in [0.15, 0.2) is 34.8 Å². The summed E-state index contributed by atoms with van der Waals surface area (Å²) in [5, 5.41) is 21.4. The van der Waals surface area contributed by atoms with Gasteiger partial charge in [-0.1, -0.05) is 19.9 Å². The second-order valence-electron chi connectivity index (χ2n) is 5.95. The maximum absolute atomic E-state index is 12.5. The molecule has 2 aromatic heterocycles. The summed E-state index contributed by atoms with van der Waals surface area (Å²) in [6.45, 7) is 5.19. The lowest BCUT2D eigenvalue weighted by Gasteiger charge is -2.16. The number of hydrogen-bond acceptors (Lipinski definition) is 5. The summed E-state index contributed by atoms with van der Waals surface area (Å²) in [6, 6.07) is 7.66. The molecule has 2 heterocycles. The topological polar surface area (TPSA) is 95.1 Å². The van der Waals surface area contributed by atoms with E-state index in [0.717, 1.165) is 4.88 Å². The molecule has 1 atom stereocenters. The number of aromatic nitrogens is 2. The highest BCUT2D eigenvalue weighted by Gasteiger charge is 2.25. The molecule has 1 amide bonds. The molecule has 0 saturated heterocycles. The predicted octanol–water partition coefficient (Wildman–Crippen LogP) is 2.40. The minimum absolute atomic E-state index is 0.367. The van der Waals surface area contributed by atoms with Crippen LogP contribution in [0.1, 0.15) is 18.7 Å². The van der Waals surface area contributed by atoms with Crippen molar-refractivity contribution < 1.29 is 4.79 Å². The quantitative estimate of drug-likeness (QED) is 0.587. The number of anilines is 1. The van der Waals surface area contributed by atoms with E-state index in [4.69, 9.17) is 0 Å². The standard InChI is InChI=1S/C17H22N6OS/c1-12(2)10-19-16(20-11-13-5-4-8-25-13)14(9-18)17(24)22-15-6-7-21-23(15)3/h4-8,12,14H,10-11H2,1-3H3,(H,19,20)(H,22,24)/t14-/m0/s1. The van der Waals surface area contributed by atoms with Crippen LogP contribution in [0.5, 0.6) is 0 Å². The van der Waals surface area contributed by atoms with Gasteiger partial charge in [0.1, 0.15) is 11.7 Å². The largest absolute Gasteiger partial charge is 0.372 e. The van der Waals surface area contributed by atoms with Gasteiger partial charge in [0.2, 0.25) is 0 Å². The number of nitriles is 1. The molecular formula is C17H22N6OS. The normalized spacial score (nSPS) is 12.7. The Morgan fingerprint density at radius 2 is 2.28 bits per heavy atom. The van der Waals surface area contributed by atoms with E-state index >= 15 is 0 Å². The highest BCUT2D eigenvalue weighted by atomic mass is 32.1. The molecule has 8 heteroatoms. The van der Waals surface area contributed by atoms with Gasteiger partial charge in [0.05, 0.1) is 18.8 Å². The zero-order chi connectivity index (χ0) is 18.2. The second kappa shape index (κ2) is 8.99. The molecule has 0 radical (unpaired) electrons. The van der Waals surface area contributed by atoms with Crippen molar-refractivity contribution in [2.24, 2.45) is 23.9 Å². The molecule has 0 fully saturated rings. The van der Waals surface area contributed by atoms with Crippen LogP contribution in [0.3, 0.4) is 0 Å². The van der Waals surface area contributed by atoms with E-state index in [1.54, 1.807) is 30.6 Å². The highest BCUT2D eigenvalue weighted by molar-refractivity contribution is 7.09. The van der Waals surface area contributed by atoms with Crippen LogP contribution in [0, 0.1) is 23.2 Å². The Bertz CT molecular complexity index is 756. The monoisotopic (exact) mass is 358 g/mol. The molecular weight excluding hydrogens is 336 g/mol. The Labute approximate surface area is 151 Å². The smallest absolute Gasteiger partial charge is 0.250 e. The molecule has 0 aliphatic carbocycles. The molecule has 0 saturated carbocycles. The SMILES string of the molecule is CC(C)CNC(=NCc1cccs1)[C@H](C#N)C(=O)Nc1ccnn1C. The van der Waals surface area contributed by atoms with Crippen molar-refractivity contribution in [3.8, 4) is 6.07 Å². The Morgan fingerprint density at radius 3 is 2.84 bits per heavy atom. The number of rotatable bonds is 7. The lowest BCUT2D eigenvalue weighted by atomic mass is 10.1. The van der Waals surface area contributed by atoms with Crippen molar-refractivity contribution in [3.05, 3.63) is 34.7 Å². The van der Waals surface area contributed by atoms with Crippen LogP contribution < -0.4 is 10.6 Å². The number of nitrogens with zero attached hydrogens (tertiary/aromatic N) is 4. The summed E-state index contributed by atoms with van der Waals surface area (Å²) in [6.07, 6.45) is 1.58. The third-order valence-electron chi connectivity index (χ3n) is 3.41. The summed E-state index contributed by atoms with van der Waals surface area (Å²) in [5.74, 6) is -0.136.